The summed E-state index contributed by atoms with van der Waals surface area (Å²) in [5, 5.41) is 9.28. The van der Waals surface area contributed by atoms with E-state index in [2.05, 4.69) is 20.9 Å². The van der Waals surface area contributed by atoms with Gasteiger partial charge in [-0.2, -0.15) is 0 Å². The van der Waals surface area contributed by atoms with E-state index < -0.39 is 24.1 Å². The van der Waals surface area contributed by atoms with Gasteiger partial charge in [0.25, 0.3) is 0 Å². The van der Waals surface area contributed by atoms with Crippen LogP contribution in [0.2, 0.25) is 0 Å². The topological polar surface area (TPSA) is 131 Å². The lowest BCUT2D eigenvalue weighted by atomic mass is 9.84. The summed E-state index contributed by atoms with van der Waals surface area (Å²) in [6.07, 6.45) is 3.37. The molecule has 5 rings (SSSR count). The molecule has 1 aliphatic rings. The normalized spacial score (nSPS) is 16.4. The molecule has 11 heteroatoms. The molecule has 2 heterocycles. The zero-order chi connectivity index (χ0) is 33.7. The summed E-state index contributed by atoms with van der Waals surface area (Å²) in [6, 6.07) is 29.3. The first-order valence-corrected chi connectivity index (χ1v) is 15.9. The number of amides is 3. The number of morpholine rings is 1. The molecule has 3 atom stereocenters. The third kappa shape index (κ3) is 9.18. The van der Waals surface area contributed by atoms with E-state index >= 15 is 0 Å². The number of carbonyl (C=O) groups is 3. The largest absolute Gasteiger partial charge is 0.453 e. The number of carbonyl (C=O) groups excluding carboxylic acids is 3. The van der Waals surface area contributed by atoms with Gasteiger partial charge >= 0.3 is 12.2 Å². The van der Waals surface area contributed by atoms with Crippen molar-refractivity contribution in [3.05, 3.63) is 126 Å². The molecule has 1 aliphatic heterocycles. The average Bonchev–Trinajstić information content (AvgIpc) is 3.14. The lowest BCUT2D eigenvalue weighted by molar-refractivity contribution is -0.118. The minimum Gasteiger partial charge on any atom is -0.453 e. The molecule has 3 N–H and O–H groups in total. The molecule has 11 nitrogen and oxygen atoms in total. The van der Waals surface area contributed by atoms with Crippen molar-refractivity contribution in [2.75, 3.05) is 44.1 Å². The molecule has 3 aromatic carbocycles. The van der Waals surface area contributed by atoms with Crippen molar-refractivity contribution in [1.82, 2.24) is 15.6 Å². The second-order valence-electron chi connectivity index (χ2n) is 11.5. The predicted octanol–water partition coefficient (Wildman–Crippen LogP) is 5.14. The van der Waals surface area contributed by atoms with Gasteiger partial charge in [-0.3, -0.25) is 14.7 Å². The van der Waals surface area contributed by atoms with Gasteiger partial charge in [-0.25, -0.2) is 9.59 Å². The number of aromatic nitrogens is 1. The van der Waals surface area contributed by atoms with Gasteiger partial charge in [0.2, 0.25) is 5.91 Å². The first-order valence-electron chi connectivity index (χ1n) is 15.9. The summed E-state index contributed by atoms with van der Waals surface area (Å²) in [6.45, 7) is 1.17. The van der Waals surface area contributed by atoms with Crippen LogP contribution in [0.25, 0.3) is 0 Å². The minimum atomic E-state index is -0.962. The number of hydrogen-bond acceptors (Lipinski definition) is 8. The Hall–Kier alpha value is -5.26. The van der Waals surface area contributed by atoms with Gasteiger partial charge in [0.15, 0.2) is 0 Å². The maximum absolute atomic E-state index is 14.0. The van der Waals surface area contributed by atoms with Crippen LogP contribution in [0.4, 0.5) is 21.0 Å². The lowest BCUT2D eigenvalue weighted by Crippen LogP contribution is -2.49. The van der Waals surface area contributed by atoms with Crippen LogP contribution in [0, 0.1) is 0 Å². The number of aryl methyl sites for hydroxylation is 1. The molecule has 0 saturated carbocycles. The van der Waals surface area contributed by atoms with E-state index in [4.69, 9.17) is 14.2 Å². The summed E-state index contributed by atoms with van der Waals surface area (Å²) in [4.78, 5) is 44.4. The number of anilines is 2. The van der Waals surface area contributed by atoms with E-state index in [-0.39, 0.29) is 24.7 Å². The Morgan fingerprint density at radius 2 is 1.65 bits per heavy atom. The van der Waals surface area contributed by atoms with Crippen molar-refractivity contribution in [1.29, 1.82) is 0 Å². The molecule has 250 valence electrons. The van der Waals surface area contributed by atoms with Crippen LogP contribution < -0.4 is 20.9 Å². The second kappa shape index (κ2) is 17.1. The van der Waals surface area contributed by atoms with E-state index in [9.17, 15) is 14.4 Å². The standard InChI is InChI=1S/C37H41N5O6/c1-42(30-17-11-21-38-22-30)37(45)48-25-29-24-47-31(23-39-29)20-19-26-12-9-10-18-32(26)40-35(43)34(41-36(44)46-2)33(27-13-5-3-6-14-27)28-15-7-4-8-16-28/h3-18,21-22,29,31,33-34,39H,19-20,23-25H2,1-2H3,(H,40,43)(H,41,44)/t29-,31+,34-/m0/s1. The highest BCUT2D eigenvalue weighted by Crippen LogP contribution is 2.30. The fourth-order valence-corrected chi connectivity index (χ4v) is 5.66. The fraction of sp³-hybridized carbons (Fsp3) is 0.297. The van der Waals surface area contributed by atoms with E-state index in [0.717, 1.165) is 16.7 Å². The summed E-state index contributed by atoms with van der Waals surface area (Å²) < 4.78 is 16.5. The van der Waals surface area contributed by atoms with Crippen molar-refractivity contribution in [2.45, 2.75) is 36.9 Å². The third-order valence-electron chi connectivity index (χ3n) is 8.29. The zero-order valence-electron chi connectivity index (χ0n) is 27.1. The van der Waals surface area contributed by atoms with Gasteiger partial charge in [-0.15, -0.1) is 0 Å². The molecule has 0 radical (unpaired) electrons. The molecule has 0 aliphatic carbocycles. The van der Waals surface area contributed by atoms with Gasteiger partial charge < -0.3 is 30.2 Å². The molecular formula is C37H41N5O6. The average molecular weight is 652 g/mol. The minimum absolute atomic E-state index is 0.0620. The molecule has 0 unspecified atom stereocenters. The summed E-state index contributed by atoms with van der Waals surface area (Å²) >= 11 is 0. The third-order valence-corrected chi connectivity index (χ3v) is 8.29. The van der Waals surface area contributed by atoms with Crippen molar-refractivity contribution in [2.24, 2.45) is 0 Å². The molecule has 48 heavy (non-hydrogen) atoms. The number of pyridine rings is 1. The maximum Gasteiger partial charge on any atom is 0.414 e. The molecule has 1 fully saturated rings. The van der Waals surface area contributed by atoms with Crippen LogP contribution in [-0.2, 0) is 25.4 Å². The number of para-hydroxylation sites is 1. The Bertz CT molecular complexity index is 1580. The number of benzene rings is 3. The molecule has 3 amide bonds. The Morgan fingerprint density at radius 3 is 2.27 bits per heavy atom. The summed E-state index contributed by atoms with van der Waals surface area (Å²) in [7, 11) is 2.92. The van der Waals surface area contributed by atoms with E-state index in [1.165, 1.54) is 12.0 Å². The van der Waals surface area contributed by atoms with E-state index in [1.807, 2.05) is 84.9 Å². The maximum atomic E-state index is 14.0. The smallest absolute Gasteiger partial charge is 0.414 e. The highest BCUT2D eigenvalue weighted by atomic mass is 16.6. The number of nitrogens with zero attached hydrogens (tertiary/aromatic N) is 2. The van der Waals surface area contributed by atoms with Gasteiger partial charge in [0.05, 0.1) is 37.7 Å². The molecule has 1 saturated heterocycles. The highest BCUT2D eigenvalue weighted by molar-refractivity contribution is 5.98. The van der Waals surface area contributed by atoms with Crippen LogP contribution in [-0.4, -0.2) is 75.2 Å². The number of rotatable bonds is 12. The Balaban J connectivity index is 1.19. The van der Waals surface area contributed by atoms with Crippen LogP contribution in [0.15, 0.2) is 109 Å². The SMILES string of the molecule is COC(=O)N[C@H](C(=O)Nc1ccccc1CC[C@@H]1CN[C@H](COC(=O)N(C)c2cccnc2)CO1)C(c1ccccc1)c1ccccc1. The number of alkyl carbamates (subject to hydrolysis) is 1. The Morgan fingerprint density at radius 1 is 0.958 bits per heavy atom. The lowest BCUT2D eigenvalue weighted by Gasteiger charge is -2.31. The number of methoxy groups -OCH3 is 1. The number of ether oxygens (including phenoxy) is 3. The van der Waals surface area contributed by atoms with Crippen LogP contribution in [0.1, 0.15) is 29.0 Å². The monoisotopic (exact) mass is 651 g/mol. The second-order valence-corrected chi connectivity index (χ2v) is 11.5. The zero-order valence-corrected chi connectivity index (χ0v) is 27.1. The van der Waals surface area contributed by atoms with E-state index in [0.29, 0.717) is 37.4 Å². The summed E-state index contributed by atoms with van der Waals surface area (Å²) in [5.41, 5.74) is 4.00. The molecular weight excluding hydrogens is 610 g/mol. The van der Waals surface area contributed by atoms with Crippen molar-refractivity contribution < 1.29 is 28.6 Å². The first-order chi connectivity index (χ1) is 23.4. The number of nitrogens with one attached hydrogen (secondary N) is 3. The van der Waals surface area contributed by atoms with Crippen LogP contribution in [0.3, 0.4) is 0 Å². The van der Waals surface area contributed by atoms with E-state index in [1.54, 1.807) is 31.6 Å². The Labute approximate surface area is 280 Å². The molecule has 0 bridgehead atoms. The quantitative estimate of drug-likeness (QED) is 0.192. The highest BCUT2D eigenvalue weighted by Gasteiger charge is 2.33. The molecule has 0 spiro atoms. The van der Waals surface area contributed by atoms with Gasteiger partial charge in [0.1, 0.15) is 12.6 Å². The fourth-order valence-electron chi connectivity index (χ4n) is 5.66. The van der Waals surface area contributed by atoms with Crippen LogP contribution >= 0.6 is 0 Å². The van der Waals surface area contributed by atoms with Gasteiger partial charge in [-0.05, 0) is 47.7 Å². The number of hydrogen-bond donors (Lipinski definition) is 3. The Kier molecular flexibility index (Phi) is 12.1. The first kappa shape index (κ1) is 34.1. The van der Waals surface area contributed by atoms with Crippen molar-refractivity contribution in [3.8, 4) is 0 Å². The van der Waals surface area contributed by atoms with Crippen LogP contribution in [0.5, 0.6) is 0 Å². The van der Waals surface area contributed by atoms with Gasteiger partial charge in [-0.1, -0.05) is 78.9 Å². The van der Waals surface area contributed by atoms with Gasteiger partial charge in [0, 0.05) is 31.4 Å². The molecule has 1 aromatic heterocycles. The van der Waals surface area contributed by atoms with Crippen molar-refractivity contribution in [3.63, 3.8) is 0 Å². The molecule has 4 aromatic rings. The van der Waals surface area contributed by atoms with Crippen molar-refractivity contribution >= 4 is 29.5 Å². The summed E-state index contributed by atoms with van der Waals surface area (Å²) in [5.74, 6) is -0.837. The predicted molar refractivity (Wildman–Crippen MR) is 183 cm³/mol.